The van der Waals surface area contributed by atoms with Crippen molar-refractivity contribution in [3.63, 3.8) is 0 Å². The van der Waals surface area contributed by atoms with E-state index in [4.69, 9.17) is 9.27 Å². The summed E-state index contributed by atoms with van der Waals surface area (Å²) in [6.07, 6.45) is 0. The maximum Gasteiger partial charge on any atom is 0.155 e. The van der Waals surface area contributed by atoms with Gasteiger partial charge in [0.05, 0.1) is 16.3 Å². The Labute approximate surface area is 192 Å². The molecule has 0 saturated carbocycles. The topological polar surface area (TPSA) is 62.0 Å². The van der Waals surface area contributed by atoms with Gasteiger partial charge in [-0.15, -0.1) is 0 Å². The van der Waals surface area contributed by atoms with Crippen LogP contribution >= 0.6 is 7.28 Å². The van der Waals surface area contributed by atoms with Crippen molar-refractivity contribution in [1.82, 2.24) is 0 Å². The fourth-order valence-electron chi connectivity index (χ4n) is 3.89. The van der Waals surface area contributed by atoms with Crippen molar-refractivity contribution < 1.29 is 14.7 Å². The third-order valence-corrected chi connectivity index (χ3v) is 8.64. The zero-order valence-electron chi connectivity index (χ0n) is 20.0. The summed E-state index contributed by atoms with van der Waals surface area (Å²) < 4.78 is 11.3. The van der Waals surface area contributed by atoms with Crippen LogP contribution in [0, 0.1) is 0 Å². The van der Waals surface area contributed by atoms with Crippen molar-refractivity contribution in [3.05, 3.63) is 77.9 Å². The second-order valence-corrected chi connectivity index (χ2v) is 12.7. The number of phenols is 2. The summed E-state index contributed by atoms with van der Waals surface area (Å²) in [6.45, 7) is 12.4. The third-order valence-electron chi connectivity index (χ3n) is 5.58. The van der Waals surface area contributed by atoms with Gasteiger partial charge in [-0.05, 0) is 35.1 Å². The smallest absolute Gasteiger partial charge is 0.155 e. The average Bonchev–Trinajstić information content (AvgIpc) is 2.72. The van der Waals surface area contributed by atoms with Gasteiger partial charge < -0.3 is 14.7 Å². The number of hydrogen-bond acceptors (Lipinski definition) is 4. The zero-order valence-corrected chi connectivity index (χ0v) is 20.9. The first kappa shape index (κ1) is 24.1. The number of hydrogen-bond donors (Lipinski definition) is 2. The molecule has 3 rings (SSSR count). The Bertz CT molecular complexity index is 1090. The Balaban J connectivity index is 2.48. The van der Waals surface area contributed by atoms with Crippen molar-refractivity contribution in [2.75, 3.05) is 7.11 Å². The summed E-state index contributed by atoms with van der Waals surface area (Å²) in [7, 11) is -1.44. The quantitative estimate of drug-likeness (QED) is 0.432. The first-order chi connectivity index (χ1) is 14.9. The Morgan fingerprint density at radius 2 is 1.09 bits per heavy atom. The molecule has 5 heteroatoms. The van der Waals surface area contributed by atoms with Gasteiger partial charge >= 0.3 is 0 Å². The molecule has 0 aromatic heterocycles. The first-order valence-electron chi connectivity index (χ1n) is 10.8. The molecule has 0 spiro atoms. The number of para-hydroxylation sites is 2. The van der Waals surface area contributed by atoms with Crippen LogP contribution in [0.5, 0.6) is 11.5 Å². The summed E-state index contributed by atoms with van der Waals surface area (Å²) in [4.78, 5) is 0. The van der Waals surface area contributed by atoms with Crippen LogP contribution in [0.15, 0.2) is 71.5 Å². The Morgan fingerprint density at radius 1 is 0.656 bits per heavy atom. The number of nitrogens with zero attached hydrogens (tertiary/aromatic N) is 1. The van der Waals surface area contributed by atoms with E-state index in [1.54, 1.807) is 7.11 Å². The minimum absolute atomic E-state index is 0.162. The van der Waals surface area contributed by atoms with Gasteiger partial charge in [0.2, 0.25) is 0 Å². The van der Waals surface area contributed by atoms with Crippen LogP contribution in [0.25, 0.3) is 0 Å². The lowest BCUT2D eigenvalue weighted by molar-refractivity contribution is 0.440. The molecule has 0 unspecified atom stereocenters. The lowest BCUT2D eigenvalue weighted by atomic mass is 9.86. The van der Waals surface area contributed by atoms with E-state index < -0.39 is 7.28 Å². The molecule has 3 aromatic carbocycles. The van der Waals surface area contributed by atoms with Crippen molar-refractivity contribution in [2.45, 2.75) is 52.4 Å². The normalized spacial score (nSPS) is 12.6. The van der Waals surface area contributed by atoms with Gasteiger partial charge in [-0.3, -0.25) is 0 Å². The number of aromatic hydroxyl groups is 2. The van der Waals surface area contributed by atoms with Gasteiger partial charge in [0.25, 0.3) is 0 Å². The maximum atomic E-state index is 11.5. The van der Waals surface area contributed by atoms with Crippen molar-refractivity contribution in [1.29, 1.82) is 0 Å². The standard InChI is InChI=1S/C27H34NO3P/c1-26(2,3)20-15-11-17-22(24(20)29)32(31-7,28-19-13-9-8-10-14-19)23-18-12-16-21(25(23)30)27(4,5)6/h8-18,29-30H,1-7H3. The molecule has 0 heterocycles. The number of benzene rings is 3. The van der Waals surface area contributed by atoms with Crippen molar-refractivity contribution >= 4 is 23.6 Å². The highest BCUT2D eigenvalue weighted by Gasteiger charge is 2.35. The average molecular weight is 452 g/mol. The number of rotatable bonds is 4. The highest BCUT2D eigenvalue weighted by molar-refractivity contribution is 7.77. The lowest BCUT2D eigenvalue weighted by Gasteiger charge is -2.30. The van der Waals surface area contributed by atoms with E-state index in [1.807, 2.05) is 66.7 Å². The largest absolute Gasteiger partial charge is 0.507 e. The number of phenolic OH excluding ortho intramolecular Hbond substituents is 2. The van der Waals surface area contributed by atoms with E-state index in [1.165, 1.54) is 0 Å². The molecule has 0 amide bonds. The molecule has 2 N–H and O–H groups in total. The molecule has 0 bridgehead atoms. The van der Waals surface area contributed by atoms with Crippen LogP contribution in [-0.2, 0) is 15.4 Å². The third kappa shape index (κ3) is 4.48. The van der Waals surface area contributed by atoms with E-state index in [-0.39, 0.29) is 22.3 Å². The van der Waals surface area contributed by atoms with Gasteiger partial charge in [-0.1, -0.05) is 84.0 Å². The minimum atomic E-state index is -3.05. The van der Waals surface area contributed by atoms with Gasteiger partial charge in [0, 0.05) is 18.2 Å². The molecule has 0 aliphatic carbocycles. The van der Waals surface area contributed by atoms with E-state index in [9.17, 15) is 10.2 Å². The summed E-state index contributed by atoms with van der Waals surface area (Å²) in [6, 6.07) is 21.0. The van der Waals surface area contributed by atoms with E-state index in [2.05, 4.69) is 41.5 Å². The van der Waals surface area contributed by atoms with E-state index >= 15 is 0 Å². The van der Waals surface area contributed by atoms with Gasteiger partial charge in [-0.25, -0.2) is 4.74 Å². The molecular formula is C27H34NO3P. The van der Waals surface area contributed by atoms with Crippen molar-refractivity contribution in [3.8, 4) is 11.5 Å². The Kier molecular flexibility index (Phi) is 6.60. The molecule has 170 valence electrons. The van der Waals surface area contributed by atoms with Crippen molar-refractivity contribution in [2.24, 2.45) is 4.74 Å². The highest BCUT2D eigenvalue weighted by atomic mass is 31.2. The summed E-state index contributed by atoms with van der Waals surface area (Å²) >= 11 is 0. The predicted molar refractivity (Wildman–Crippen MR) is 135 cm³/mol. The molecule has 4 nitrogen and oxygen atoms in total. The fraction of sp³-hybridized carbons (Fsp3) is 0.333. The van der Waals surface area contributed by atoms with E-state index in [0.717, 1.165) is 16.8 Å². The summed E-state index contributed by atoms with van der Waals surface area (Å²) in [5, 5.41) is 24.1. The van der Waals surface area contributed by atoms with Crippen LogP contribution in [0.4, 0.5) is 5.69 Å². The van der Waals surface area contributed by atoms with Crippen LogP contribution < -0.4 is 10.6 Å². The van der Waals surface area contributed by atoms with Crippen LogP contribution in [0.1, 0.15) is 52.7 Å². The SMILES string of the molecule is COP(=Nc1ccccc1)(c1cccc(C(C)(C)C)c1O)c1cccc(C(C)(C)C)c1O. The second kappa shape index (κ2) is 8.77. The van der Waals surface area contributed by atoms with Crippen LogP contribution in [-0.4, -0.2) is 17.3 Å². The van der Waals surface area contributed by atoms with Crippen LogP contribution in [0.3, 0.4) is 0 Å². The lowest BCUT2D eigenvalue weighted by Crippen LogP contribution is -2.23. The minimum Gasteiger partial charge on any atom is -0.507 e. The molecule has 0 atom stereocenters. The van der Waals surface area contributed by atoms with Gasteiger partial charge in [0.15, 0.2) is 7.28 Å². The zero-order chi connectivity index (χ0) is 23.7. The molecule has 0 saturated heterocycles. The molecule has 0 aliphatic rings. The molecular weight excluding hydrogens is 417 g/mol. The van der Waals surface area contributed by atoms with Crippen LogP contribution in [0.2, 0.25) is 0 Å². The Morgan fingerprint density at radius 3 is 1.47 bits per heavy atom. The second-order valence-electron chi connectivity index (χ2n) is 10.0. The first-order valence-corrected chi connectivity index (χ1v) is 12.5. The molecule has 0 aliphatic heterocycles. The monoisotopic (exact) mass is 451 g/mol. The Hall–Kier alpha value is -2.55. The fourth-order valence-corrected chi connectivity index (χ4v) is 6.69. The summed E-state index contributed by atoms with van der Waals surface area (Å²) in [5.74, 6) is 0.325. The maximum absolute atomic E-state index is 11.5. The summed E-state index contributed by atoms with van der Waals surface area (Å²) in [5.41, 5.74) is 1.80. The molecule has 0 fully saturated rings. The highest BCUT2D eigenvalue weighted by Crippen LogP contribution is 2.55. The van der Waals surface area contributed by atoms with Gasteiger partial charge in [0.1, 0.15) is 11.5 Å². The predicted octanol–water partition coefficient (Wildman–Crippen LogP) is 6.74. The molecule has 3 aromatic rings. The van der Waals surface area contributed by atoms with E-state index in [0.29, 0.717) is 10.6 Å². The molecule has 0 radical (unpaired) electrons. The van der Waals surface area contributed by atoms with Gasteiger partial charge in [-0.2, -0.15) is 0 Å². The molecule has 32 heavy (non-hydrogen) atoms.